The molecule has 0 amide bonds. The van der Waals surface area contributed by atoms with Gasteiger partial charge in [0.05, 0.1) is 14.6 Å². The predicted octanol–water partition coefficient (Wildman–Crippen LogP) is 4.49. The zero-order chi connectivity index (χ0) is 16.7. The zero-order valence-electron chi connectivity index (χ0n) is 13.1. The lowest BCUT2D eigenvalue weighted by Crippen LogP contribution is -2.22. The van der Waals surface area contributed by atoms with Crippen molar-refractivity contribution in [3.63, 3.8) is 0 Å². The number of benzene rings is 1. The number of imidazole rings is 1. The fourth-order valence-electron chi connectivity index (χ4n) is 3.05. The Hall–Kier alpha value is -1.14. The Kier molecular flexibility index (Phi) is 4.65. The number of rotatable bonds is 3. The predicted molar refractivity (Wildman–Crippen MR) is 96.0 cm³/mol. The molecule has 0 radical (unpaired) electrons. The standard InChI is InChI=1S/C17H18Br2N2O2/c1-3-13-15(21-8-9(2)4-5-14(21)20-13)16(22)10-6-11(18)17(23)12(19)7-10/h6-7,9,23H,3-5,8H2,1-2H3. The van der Waals surface area contributed by atoms with E-state index in [-0.39, 0.29) is 11.5 Å². The molecule has 1 aromatic carbocycles. The largest absolute Gasteiger partial charge is 0.506 e. The van der Waals surface area contributed by atoms with Crippen molar-refractivity contribution < 1.29 is 9.90 Å². The lowest BCUT2D eigenvalue weighted by molar-refractivity contribution is 0.102. The topological polar surface area (TPSA) is 55.1 Å². The number of carbonyl (C=O) groups is 1. The summed E-state index contributed by atoms with van der Waals surface area (Å²) in [5.74, 6) is 1.61. The second kappa shape index (κ2) is 6.40. The summed E-state index contributed by atoms with van der Waals surface area (Å²) in [4.78, 5) is 17.8. The van der Waals surface area contributed by atoms with Crippen LogP contribution in [0.15, 0.2) is 21.1 Å². The summed E-state index contributed by atoms with van der Waals surface area (Å²) < 4.78 is 3.09. The van der Waals surface area contributed by atoms with E-state index in [0.717, 1.165) is 37.3 Å². The van der Waals surface area contributed by atoms with Gasteiger partial charge in [0.2, 0.25) is 5.78 Å². The molecule has 0 bridgehead atoms. The molecule has 1 unspecified atom stereocenters. The molecule has 0 fully saturated rings. The smallest absolute Gasteiger partial charge is 0.211 e. The van der Waals surface area contributed by atoms with Crippen LogP contribution in [-0.2, 0) is 19.4 Å². The van der Waals surface area contributed by atoms with Crippen LogP contribution in [0.5, 0.6) is 5.75 Å². The van der Waals surface area contributed by atoms with Crippen LogP contribution >= 0.6 is 31.9 Å². The minimum Gasteiger partial charge on any atom is -0.506 e. The van der Waals surface area contributed by atoms with Crippen molar-refractivity contribution >= 4 is 37.6 Å². The van der Waals surface area contributed by atoms with Crippen molar-refractivity contribution in [2.45, 2.75) is 39.7 Å². The van der Waals surface area contributed by atoms with E-state index in [2.05, 4.69) is 48.3 Å². The highest BCUT2D eigenvalue weighted by Gasteiger charge is 2.27. The van der Waals surface area contributed by atoms with Gasteiger partial charge in [-0.3, -0.25) is 4.79 Å². The van der Waals surface area contributed by atoms with Crippen LogP contribution in [0, 0.1) is 5.92 Å². The van der Waals surface area contributed by atoms with Gasteiger partial charge in [0.1, 0.15) is 17.3 Å². The van der Waals surface area contributed by atoms with Gasteiger partial charge in [0, 0.05) is 18.5 Å². The highest BCUT2D eigenvalue weighted by molar-refractivity contribution is 9.11. The minimum atomic E-state index is -0.0453. The van der Waals surface area contributed by atoms with Crippen molar-refractivity contribution in [2.75, 3.05) is 0 Å². The van der Waals surface area contributed by atoms with Gasteiger partial charge in [0.15, 0.2) is 0 Å². The number of hydrogen-bond donors (Lipinski definition) is 1. The van der Waals surface area contributed by atoms with Gasteiger partial charge < -0.3 is 9.67 Å². The molecule has 1 aliphatic rings. The maximum absolute atomic E-state index is 13.1. The number of fused-ring (bicyclic) bond motifs is 1. The molecule has 2 aromatic rings. The van der Waals surface area contributed by atoms with E-state index < -0.39 is 0 Å². The highest BCUT2D eigenvalue weighted by Crippen LogP contribution is 2.34. The van der Waals surface area contributed by atoms with Gasteiger partial charge in [-0.2, -0.15) is 0 Å². The van der Waals surface area contributed by atoms with E-state index >= 15 is 0 Å². The maximum Gasteiger partial charge on any atom is 0.211 e. The lowest BCUT2D eigenvalue weighted by Gasteiger charge is -2.22. The highest BCUT2D eigenvalue weighted by atomic mass is 79.9. The quantitative estimate of drug-likeness (QED) is 0.714. The summed E-state index contributed by atoms with van der Waals surface area (Å²) in [6, 6.07) is 3.32. The second-order valence-electron chi connectivity index (χ2n) is 6.05. The third-order valence-electron chi connectivity index (χ3n) is 4.30. The first kappa shape index (κ1) is 16.7. The molecule has 122 valence electrons. The van der Waals surface area contributed by atoms with Crippen LogP contribution in [-0.4, -0.2) is 20.4 Å². The van der Waals surface area contributed by atoms with Crippen LogP contribution in [0.25, 0.3) is 0 Å². The normalized spacial score (nSPS) is 17.1. The number of phenolic OH excluding ortho intramolecular Hbond substituents is 1. The Bertz CT molecular complexity index is 760. The molecule has 1 aliphatic heterocycles. The number of aryl methyl sites for hydroxylation is 2. The van der Waals surface area contributed by atoms with Crippen molar-refractivity contribution in [3.05, 3.63) is 43.9 Å². The van der Waals surface area contributed by atoms with E-state index in [1.54, 1.807) is 12.1 Å². The molecule has 0 saturated carbocycles. The number of carbonyl (C=O) groups excluding carboxylic acids is 1. The summed E-state index contributed by atoms with van der Waals surface area (Å²) in [5.41, 5.74) is 2.09. The van der Waals surface area contributed by atoms with Crippen molar-refractivity contribution in [2.24, 2.45) is 5.92 Å². The third kappa shape index (κ3) is 2.98. The SMILES string of the molecule is CCc1nc2n(c1C(=O)c1cc(Br)c(O)c(Br)c1)CC(C)CC2. The second-order valence-corrected chi connectivity index (χ2v) is 7.76. The average molecular weight is 442 g/mol. The summed E-state index contributed by atoms with van der Waals surface area (Å²) >= 11 is 6.59. The van der Waals surface area contributed by atoms with Gasteiger partial charge >= 0.3 is 0 Å². The monoisotopic (exact) mass is 440 g/mol. The zero-order valence-corrected chi connectivity index (χ0v) is 16.2. The van der Waals surface area contributed by atoms with E-state index in [4.69, 9.17) is 0 Å². The van der Waals surface area contributed by atoms with Crippen molar-refractivity contribution in [1.82, 2.24) is 9.55 Å². The number of nitrogens with zero attached hydrogens (tertiary/aromatic N) is 2. The third-order valence-corrected chi connectivity index (χ3v) is 5.51. The van der Waals surface area contributed by atoms with Crippen molar-refractivity contribution in [3.8, 4) is 5.75 Å². The van der Waals surface area contributed by atoms with E-state index in [1.165, 1.54) is 0 Å². The Morgan fingerprint density at radius 3 is 2.65 bits per heavy atom. The first-order valence-electron chi connectivity index (χ1n) is 7.73. The molecular weight excluding hydrogens is 424 g/mol. The molecule has 0 saturated heterocycles. The van der Waals surface area contributed by atoms with E-state index in [0.29, 0.717) is 26.1 Å². The first-order chi connectivity index (χ1) is 10.9. The van der Waals surface area contributed by atoms with Gasteiger partial charge in [-0.25, -0.2) is 4.98 Å². The van der Waals surface area contributed by atoms with Gasteiger partial charge in [-0.05, 0) is 62.8 Å². The van der Waals surface area contributed by atoms with E-state index in [9.17, 15) is 9.90 Å². The van der Waals surface area contributed by atoms with E-state index in [1.807, 2.05) is 6.92 Å². The molecule has 0 aliphatic carbocycles. The minimum absolute atomic E-state index is 0.0453. The molecular formula is C17H18Br2N2O2. The van der Waals surface area contributed by atoms with Crippen LogP contribution in [0.3, 0.4) is 0 Å². The lowest BCUT2D eigenvalue weighted by atomic mass is 10.0. The van der Waals surface area contributed by atoms with Gasteiger partial charge in [-0.15, -0.1) is 0 Å². The van der Waals surface area contributed by atoms with Crippen LogP contribution in [0.4, 0.5) is 0 Å². The molecule has 1 aromatic heterocycles. The number of aromatic hydroxyl groups is 1. The fraction of sp³-hybridized carbons (Fsp3) is 0.412. The number of phenols is 1. The number of halogens is 2. The number of hydrogen-bond acceptors (Lipinski definition) is 3. The summed E-state index contributed by atoms with van der Waals surface area (Å²) in [5, 5.41) is 9.85. The molecule has 0 spiro atoms. The summed E-state index contributed by atoms with van der Waals surface area (Å²) in [6.45, 7) is 5.07. The fourth-order valence-corrected chi connectivity index (χ4v) is 4.24. The maximum atomic E-state index is 13.1. The molecule has 23 heavy (non-hydrogen) atoms. The molecule has 4 nitrogen and oxygen atoms in total. The van der Waals surface area contributed by atoms with Crippen molar-refractivity contribution in [1.29, 1.82) is 0 Å². The van der Waals surface area contributed by atoms with Crippen LogP contribution in [0.2, 0.25) is 0 Å². The van der Waals surface area contributed by atoms with Gasteiger partial charge in [0.25, 0.3) is 0 Å². The first-order valence-corrected chi connectivity index (χ1v) is 9.32. The van der Waals surface area contributed by atoms with Gasteiger partial charge in [-0.1, -0.05) is 13.8 Å². The summed E-state index contributed by atoms with van der Waals surface area (Å²) in [6.07, 6.45) is 2.77. The van der Waals surface area contributed by atoms with Crippen LogP contribution < -0.4 is 0 Å². The Morgan fingerprint density at radius 2 is 2.04 bits per heavy atom. The Morgan fingerprint density at radius 1 is 1.39 bits per heavy atom. The Balaban J connectivity index is 2.11. The molecule has 6 heteroatoms. The molecule has 2 heterocycles. The Labute approximate surface area is 152 Å². The molecule has 1 atom stereocenters. The van der Waals surface area contributed by atoms with Crippen LogP contribution in [0.1, 0.15) is 47.8 Å². The summed E-state index contributed by atoms with van der Waals surface area (Å²) in [7, 11) is 0. The molecule has 1 N–H and O–H groups in total. The molecule has 3 rings (SSSR count). The number of aromatic nitrogens is 2. The number of ketones is 1. The average Bonchev–Trinajstić information content (AvgIpc) is 2.89.